The molecule has 6 heteroatoms. The summed E-state index contributed by atoms with van der Waals surface area (Å²) in [5.74, 6) is -1.30. The van der Waals surface area contributed by atoms with E-state index in [0.29, 0.717) is 19.8 Å². The number of hydrogen-bond acceptors (Lipinski definition) is 5. The van der Waals surface area contributed by atoms with Gasteiger partial charge in [0.05, 0.1) is 19.8 Å². The van der Waals surface area contributed by atoms with Crippen molar-refractivity contribution in [2.45, 2.75) is 18.9 Å². The first kappa shape index (κ1) is 15.3. The largest absolute Gasteiger partial charge is 0.479 e. The van der Waals surface area contributed by atoms with E-state index in [4.69, 9.17) is 19.3 Å². The van der Waals surface area contributed by atoms with Crippen LogP contribution < -0.4 is 0 Å². The van der Waals surface area contributed by atoms with Crippen molar-refractivity contribution >= 4 is 5.97 Å². The molecule has 0 bridgehead atoms. The fourth-order valence-corrected chi connectivity index (χ4v) is 0.858. The third-order valence-electron chi connectivity index (χ3n) is 1.85. The predicted octanol–water partition coefficient (Wildman–Crippen LogP) is -0.108. The van der Waals surface area contributed by atoms with Crippen LogP contribution in [0.1, 0.15) is 13.3 Å². The van der Waals surface area contributed by atoms with E-state index in [1.54, 1.807) is 7.11 Å². The van der Waals surface area contributed by atoms with Crippen LogP contribution in [-0.2, 0) is 19.0 Å². The van der Waals surface area contributed by atoms with Crippen molar-refractivity contribution in [2.75, 3.05) is 40.1 Å². The Morgan fingerprint density at radius 1 is 1.19 bits per heavy atom. The molecular formula is C10H20O6. The predicted molar refractivity (Wildman–Crippen MR) is 56.4 cm³/mol. The van der Waals surface area contributed by atoms with Crippen molar-refractivity contribution in [1.82, 2.24) is 0 Å². The number of carboxylic acid groups (broad SMARTS) is 1. The summed E-state index contributed by atoms with van der Waals surface area (Å²) in [4.78, 5) is 10.5. The number of carboxylic acids is 1. The number of methoxy groups -OCH3 is 1. The first-order valence-electron chi connectivity index (χ1n) is 5.11. The van der Waals surface area contributed by atoms with Crippen molar-refractivity contribution < 1.29 is 29.2 Å². The molecule has 0 radical (unpaired) electrons. The van der Waals surface area contributed by atoms with Gasteiger partial charge in [0.1, 0.15) is 0 Å². The minimum Gasteiger partial charge on any atom is -0.479 e. The average Bonchev–Trinajstić information content (AvgIpc) is 2.21. The van der Waals surface area contributed by atoms with Gasteiger partial charge in [0.15, 0.2) is 5.60 Å². The van der Waals surface area contributed by atoms with Gasteiger partial charge in [0.25, 0.3) is 0 Å². The fourth-order valence-electron chi connectivity index (χ4n) is 0.858. The van der Waals surface area contributed by atoms with Crippen molar-refractivity contribution in [3.63, 3.8) is 0 Å². The normalized spacial score (nSPS) is 14.7. The molecule has 0 spiro atoms. The summed E-state index contributed by atoms with van der Waals surface area (Å²) >= 11 is 0. The molecule has 0 aromatic carbocycles. The number of hydrogen-bond donors (Lipinski definition) is 2. The zero-order valence-corrected chi connectivity index (χ0v) is 9.77. The number of ether oxygens (including phenoxy) is 3. The second kappa shape index (κ2) is 8.46. The highest BCUT2D eigenvalue weighted by atomic mass is 16.5. The monoisotopic (exact) mass is 236 g/mol. The standard InChI is InChI=1S/C10H20O6/c1-10(13,9(11)12)8-16-7-6-15-5-3-4-14-2/h13H,3-8H2,1-2H3,(H,11,12). The van der Waals surface area contributed by atoms with Gasteiger partial charge in [-0.05, 0) is 13.3 Å². The number of rotatable bonds is 10. The van der Waals surface area contributed by atoms with Gasteiger partial charge in [0, 0.05) is 20.3 Å². The molecule has 0 aliphatic heterocycles. The van der Waals surface area contributed by atoms with Gasteiger partial charge in [-0.1, -0.05) is 0 Å². The van der Waals surface area contributed by atoms with Gasteiger partial charge >= 0.3 is 5.97 Å². The average molecular weight is 236 g/mol. The summed E-state index contributed by atoms with van der Waals surface area (Å²) in [5, 5.41) is 17.8. The molecule has 96 valence electrons. The molecule has 0 aliphatic carbocycles. The van der Waals surface area contributed by atoms with E-state index in [1.807, 2.05) is 0 Å². The summed E-state index contributed by atoms with van der Waals surface area (Å²) in [6, 6.07) is 0. The Morgan fingerprint density at radius 2 is 1.81 bits per heavy atom. The summed E-state index contributed by atoms with van der Waals surface area (Å²) in [7, 11) is 1.62. The number of carbonyl (C=O) groups is 1. The summed E-state index contributed by atoms with van der Waals surface area (Å²) in [6.45, 7) is 2.80. The molecule has 2 N–H and O–H groups in total. The second-order valence-electron chi connectivity index (χ2n) is 3.59. The van der Waals surface area contributed by atoms with E-state index in [2.05, 4.69) is 0 Å². The third kappa shape index (κ3) is 7.58. The lowest BCUT2D eigenvalue weighted by Crippen LogP contribution is -2.40. The Hall–Kier alpha value is -0.690. The van der Waals surface area contributed by atoms with E-state index in [9.17, 15) is 9.90 Å². The summed E-state index contributed by atoms with van der Waals surface area (Å²) in [5.41, 5.74) is -1.84. The lowest BCUT2D eigenvalue weighted by Gasteiger charge is -2.17. The van der Waals surface area contributed by atoms with Crippen LogP contribution >= 0.6 is 0 Å². The highest BCUT2D eigenvalue weighted by Gasteiger charge is 2.29. The van der Waals surface area contributed by atoms with Gasteiger partial charge in [-0.2, -0.15) is 0 Å². The molecule has 0 fully saturated rings. The lowest BCUT2D eigenvalue weighted by molar-refractivity contribution is -0.163. The first-order valence-corrected chi connectivity index (χ1v) is 5.11. The van der Waals surface area contributed by atoms with Gasteiger partial charge < -0.3 is 24.4 Å². The topological polar surface area (TPSA) is 85.2 Å². The molecule has 16 heavy (non-hydrogen) atoms. The van der Waals surface area contributed by atoms with Crippen LogP contribution in [0.2, 0.25) is 0 Å². The Labute approximate surface area is 95.1 Å². The van der Waals surface area contributed by atoms with E-state index in [1.165, 1.54) is 6.92 Å². The van der Waals surface area contributed by atoms with Crippen LogP contribution in [0, 0.1) is 0 Å². The first-order chi connectivity index (χ1) is 7.50. The maximum atomic E-state index is 10.5. The van der Waals surface area contributed by atoms with Crippen LogP contribution in [-0.4, -0.2) is 61.9 Å². The molecule has 1 unspecified atom stereocenters. The molecule has 0 heterocycles. The van der Waals surface area contributed by atoms with Crippen molar-refractivity contribution in [3.8, 4) is 0 Å². The molecule has 0 saturated carbocycles. The van der Waals surface area contributed by atoms with E-state index in [0.717, 1.165) is 6.42 Å². The molecule has 0 amide bonds. The zero-order valence-electron chi connectivity index (χ0n) is 9.77. The fraction of sp³-hybridized carbons (Fsp3) is 0.900. The maximum Gasteiger partial charge on any atom is 0.337 e. The molecule has 1 atom stereocenters. The molecule has 0 aliphatic rings. The highest BCUT2D eigenvalue weighted by molar-refractivity contribution is 5.76. The Bertz CT molecular complexity index is 192. The Morgan fingerprint density at radius 3 is 2.38 bits per heavy atom. The lowest BCUT2D eigenvalue weighted by atomic mass is 10.1. The van der Waals surface area contributed by atoms with E-state index < -0.39 is 11.6 Å². The number of aliphatic hydroxyl groups is 1. The molecule has 0 aromatic rings. The van der Waals surface area contributed by atoms with E-state index in [-0.39, 0.29) is 13.2 Å². The third-order valence-corrected chi connectivity index (χ3v) is 1.85. The highest BCUT2D eigenvalue weighted by Crippen LogP contribution is 2.03. The second-order valence-corrected chi connectivity index (χ2v) is 3.59. The van der Waals surface area contributed by atoms with Crippen LogP contribution in [0.4, 0.5) is 0 Å². The SMILES string of the molecule is COCCCOCCOCC(C)(O)C(=O)O. The van der Waals surface area contributed by atoms with Crippen LogP contribution in [0.5, 0.6) is 0 Å². The van der Waals surface area contributed by atoms with Crippen molar-refractivity contribution in [1.29, 1.82) is 0 Å². The summed E-state index contributed by atoms with van der Waals surface area (Å²) in [6.07, 6.45) is 0.809. The number of aliphatic carboxylic acids is 1. The molecule has 0 saturated heterocycles. The van der Waals surface area contributed by atoms with Crippen LogP contribution in [0.25, 0.3) is 0 Å². The van der Waals surface area contributed by atoms with E-state index >= 15 is 0 Å². The zero-order chi connectivity index (χ0) is 12.4. The van der Waals surface area contributed by atoms with Crippen molar-refractivity contribution in [3.05, 3.63) is 0 Å². The quantitative estimate of drug-likeness (QED) is 0.515. The van der Waals surface area contributed by atoms with Gasteiger partial charge in [0.2, 0.25) is 0 Å². The maximum absolute atomic E-state index is 10.5. The molecule has 0 rings (SSSR count). The van der Waals surface area contributed by atoms with Crippen LogP contribution in [0.15, 0.2) is 0 Å². The smallest absolute Gasteiger partial charge is 0.337 e. The molecule has 0 aromatic heterocycles. The summed E-state index contributed by atoms with van der Waals surface area (Å²) < 4.78 is 15.0. The Kier molecular flexibility index (Phi) is 8.10. The molecule has 6 nitrogen and oxygen atoms in total. The molecular weight excluding hydrogens is 216 g/mol. The van der Waals surface area contributed by atoms with Gasteiger partial charge in [-0.15, -0.1) is 0 Å². The minimum absolute atomic E-state index is 0.246. The van der Waals surface area contributed by atoms with Gasteiger partial charge in [-0.3, -0.25) is 0 Å². The Balaban J connectivity index is 3.30. The van der Waals surface area contributed by atoms with Crippen LogP contribution in [0.3, 0.4) is 0 Å². The minimum atomic E-state index is -1.84. The van der Waals surface area contributed by atoms with Crippen molar-refractivity contribution in [2.24, 2.45) is 0 Å². The van der Waals surface area contributed by atoms with Gasteiger partial charge in [-0.25, -0.2) is 4.79 Å².